The van der Waals surface area contributed by atoms with Gasteiger partial charge in [-0.15, -0.1) is 18.3 Å². The van der Waals surface area contributed by atoms with Crippen molar-refractivity contribution in [3.05, 3.63) is 71.0 Å². The first-order valence-corrected chi connectivity index (χ1v) is 10.4. The summed E-state index contributed by atoms with van der Waals surface area (Å²) in [4.78, 5) is 17.5. The number of aromatic nitrogens is 5. The zero-order valence-electron chi connectivity index (χ0n) is 17.7. The molecule has 4 aromatic rings. The van der Waals surface area contributed by atoms with Gasteiger partial charge in [0.05, 0.1) is 11.9 Å². The number of hydrogen-bond donors (Lipinski definition) is 0. The summed E-state index contributed by atoms with van der Waals surface area (Å²) in [6, 6.07) is 10.7. The van der Waals surface area contributed by atoms with Crippen molar-refractivity contribution < 1.29 is 17.9 Å². The molecule has 5 rings (SSSR count). The van der Waals surface area contributed by atoms with E-state index in [1.54, 1.807) is 24.4 Å². The number of hydrogen-bond acceptors (Lipinski definition) is 5. The minimum atomic E-state index is -4.75. The minimum absolute atomic E-state index is 0.0520. The smallest absolute Gasteiger partial charge is 0.406 e. The van der Waals surface area contributed by atoms with Gasteiger partial charge in [-0.05, 0) is 55.2 Å². The van der Waals surface area contributed by atoms with Gasteiger partial charge >= 0.3 is 6.36 Å². The monoisotopic (exact) mass is 455 g/mol. The number of nitrogens with zero attached hydrogens (tertiary/aromatic N) is 5. The first kappa shape index (κ1) is 21.2. The van der Waals surface area contributed by atoms with Gasteiger partial charge in [0.1, 0.15) is 17.1 Å². The number of ether oxygens (including phenoxy) is 1. The van der Waals surface area contributed by atoms with E-state index in [9.17, 15) is 18.0 Å². The van der Waals surface area contributed by atoms with E-state index < -0.39 is 6.36 Å². The van der Waals surface area contributed by atoms with Gasteiger partial charge in [0.2, 0.25) is 0 Å². The van der Waals surface area contributed by atoms with E-state index in [-0.39, 0.29) is 16.7 Å². The van der Waals surface area contributed by atoms with Crippen LogP contribution in [-0.2, 0) is 13.1 Å². The average molecular weight is 455 g/mol. The molecule has 0 saturated heterocycles. The number of imidazole rings is 1. The maximum atomic E-state index is 13.2. The molecule has 0 bridgehead atoms. The van der Waals surface area contributed by atoms with E-state index in [1.807, 2.05) is 13.1 Å². The third-order valence-electron chi connectivity index (χ3n) is 6.01. The lowest BCUT2D eigenvalue weighted by Crippen LogP contribution is -2.30. The Balaban J connectivity index is 1.42. The van der Waals surface area contributed by atoms with Gasteiger partial charge in [-0.1, -0.05) is 23.4 Å². The Hall–Kier alpha value is -3.69. The number of fused-ring (bicyclic) bond motifs is 1. The molecule has 2 aromatic carbocycles. The third kappa shape index (κ3) is 4.46. The van der Waals surface area contributed by atoms with Crippen LogP contribution in [0.1, 0.15) is 18.7 Å². The van der Waals surface area contributed by atoms with Gasteiger partial charge in [-0.3, -0.25) is 4.79 Å². The summed E-state index contributed by atoms with van der Waals surface area (Å²) in [7, 11) is 0. The molecule has 1 aliphatic carbocycles. The summed E-state index contributed by atoms with van der Waals surface area (Å²) in [5.74, 6) is 0.623. The van der Waals surface area contributed by atoms with E-state index in [0.29, 0.717) is 28.6 Å². The lowest BCUT2D eigenvalue weighted by atomic mass is 10.0. The number of aryl methyl sites for hydroxylation is 1. The average Bonchev–Trinajstić information content (AvgIpc) is 3.41. The molecule has 1 aliphatic rings. The molecule has 0 spiro atoms. The highest BCUT2D eigenvalue weighted by Gasteiger charge is 2.44. The second kappa shape index (κ2) is 7.72. The molecular weight excluding hydrogens is 435 g/mol. The van der Waals surface area contributed by atoms with Crippen LogP contribution in [0.25, 0.3) is 22.0 Å². The lowest BCUT2D eigenvalue weighted by molar-refractivity contribution is -0.274. The zero-order valence-corrected chi connectivity index (χ0v) is 17.7. The fourth-order valence-corrected chi connectivity index (χ4v) is 4.00. The molecule has 33 heavy (non-hydrogen) atoms. The Kier molecular flexibility index (Phi) is 4.95. The molecule has 2 heterocycles. The van der Waals surface area contributed by atoms with Gasteiger partial charge in [0.25, 0.3) is 5.56 Å². The molecule has 0 unspecified atom stereocenters. The summed E-state index contributed by atoms with van der Waals surface area (Å²) in [6.45, 7) is 3.17. The SMILES string of the molecule is Cc1nccn1CC1(Cn2nnc3ccc(-c4ccc(OC(F)(F)F)cc4)cc3c2=O)CC1. The van der Waals surface area contributed by atoms with E-state index in [0.717, 1.165) is 25.2 Å². The molecule has 0 N–H and O–H groups in total. The topological polar surface area (TPSA) is 74.8 Å². The largest absolute Gasteiger partial charge is 0.573 e. The second-order valence-corrected chi connectivity index (χ2v) is 8.46. The van der Waals surface area contributed by atoms with Crippen molar-refractivity contribution in [1.82, 2.24) is 24.5 Å². The molecule has 10 heteroatoms. The third-order valence-corrected chi connectivity index (χ3v) is 6.01. The highest BCUT2D eigenvalue weighted by Crippen LogP contribution is 2.48. The predicted octanol–water partition coefficient (Wildman–Crippen LogP) is 4.34. The van der Waals surface area contributed by atoms with Crippen molar-refractivity contribution >= 4 is 10.9 Å². The molecule has 0 aliphatic heterocycles. The highest BCUT2D eigenvalue weighted by molar-refractivity contribution is 5.83. The van der Waals surface area contributed by atoms with Gasteiger partial charge in [0, 0.05) is 24.4 Å². The molecule has 170 valence electrons. The summed E-state index contributed by atoms with van der Waals surface area (Å²) < 4.78 is 44.6. The van der Waals surface area contributed by atoms with Crippen LogP contribution in [0.15, 0.2) is 59.7 Å². The minimum Gasteiger partial charge on any atom is -0.406 e. The van der Waals surface area contributed by atoms with Gasteiger partial charge < -0.3 is 9.30 Å². The van der Waals surface area contributed by atoms with Crippen LogP contribution in [0.3, 0.4) is 0 Å². The number of halogens is 3. The van der Waals surface area contributed by atoms with E-state index in [4.69, 9.17) is 0 Å². The molecule has 2 aromatic heterocycles. The van der Waals surface area contributed by atoms with Gasteiger partial charge in [-0.2, -0.15) is 0 Å². The van der Waals surface area contributed by atoms with Crippen LogP contribution < -0.4 is 10.3 Å². The standard InChI is InChI=1S/C23H20F3N5O2/c1-15-27-10-11-30(15)13-22(8-9-22)14-31-21(32)19-12-17(4-7-20(19)28-29-31)16-2-5-18(6-3-16)33-23(24,25)26/h2-7,10-12H,8-9,13-14H2,1H3. The summed E-state index contributed by atoms with van der Waals surface area (Å²) >= 11 is 0. The Morgan fingerprint density at radius 1 is 1.06 bits per heavy atom. The molecule has 7 nitrogen and oxygen atoms in total. The molecule has 0 radical (unpaired) electrons. The van der Waals surface area contributed by atoms with Crippen LogP contribution in [0, 0.1) is 12.3 Å². The maximum Gasteiger partial charge on any atom is 0.573 e. The molecule has 1 saturated carbocycles. The molecule has 0 amide bonds. The molecule has 0 atom stereocenters. The van der Waals surface area contributed by atoms with E-state index >= 15 is 0 Å². The van der Waals surface area contributed by atoms with Crippen molar-refractivity contribution in [2.45, 2.75) is 39.2 Å². The number of rotatable bonds is 6. The molecular formula is C23H20F3N5O2. The van der Waals surface area contributed by atoms with Gasteiger partial charge in [-0.25, -0.2) is 9.67 Å². The van der Waals surface area contributed by atoms with E-state index in [2.05, 4.69) is 24.6 Å². The van der Waals surface area contributed by atoms with Crippen molar-refractivity contribution in [3.63, 3.8) is 0 Å². The summed E-state index contributed by atoms with van der Waals surface area (Å²) in [5.41, 5.74) is 1.51. The number of benzene rings is 2. The van der Waals surface area contributed by atoms with Crippen molar-refractivity contribution in [2.75, 3.05) is 0 Å². The molecule has 1 fully saturated rings. The van der Waals surface area contributed by atoms with Crippen LogP contribution in [-0.4, -0.2) is 30.9 Å². The summed E-state index contributed by atoms with van der Waals surface area (Å²) in [5, 5.41) is 8.75. The van der Waals surface area contributed by atoms with Gasteiger partial charge in [0.15, 0.2) is 0 Å². The van der Waals surface area contributed by atoms with Crippen LogP contribution in [0.2, 0.25) is 0 Å². The Morgan fingerprint density at radius 2 is 1.79 bits per heavy atom. The second-order valence-electron chi connectivity index (χ2n) is 8.46. The summed E-state index contributed by atoms with van der Waals surface area (Å²) in [6.07, 6.45) is 0.925. The zero-order chi connectivity index (χ0) is 23.2. The first-order chi connectivity index (χ1) is 15.7. The highest BCUT2D eigenvalue weighted by atomic mass is 19.4. The Labute approximate surface area is 186 Å². The first-order valence-electron chi connectivity index (χ1n) is 10.4. The van der Waals surface area contributed by atoms with Crippen LogP contribution in [0.4, 0.5) is 13.2 Å². The Morgan fingerprint density at radius 3 is 2.42 bits per heavy atom. The Bertz CT molecular complexity index is 1370. The fraction of sp³-hybridized carbons (Fsp3) is 0.304. The predicted molar refractivity (Wildman–Crippen MR) is 115 cm³/mol. The number of alkyl halides is 3. The van der Waals surface area contributed by atoms with Crippen molar-refractivity contribution in [3.8, 4) is 16.9 Å². The van der Waals surface area contributed by atoms with Crippen LogP contribution >= 0.6 is 0 Å². The lowest BCUT2D eigenvalue weighted by Gasteiger charge is -2.17. The van der Waals surface area contributed by atoms with Crippen LogP contribution in [0.5, 0.6) is 5.75 Å². The van der Waals surface area contributed by atoms with E-state index in [1.165, 1.54) is 28.9 Å². The quantitative estimate of drug-likeness (QED) is 0.432. The fourth-order valence-electron chi connectivity index (χ4n) is 4.00. The van der Waals surface area contributed by atoms with Crippen molar-refractivity contribution in [2.24, 2.45) is 5.41 Å². The van der Waals surface area contributed by atoms with Crippen molar-refractivity contribution in [1.29, 1.82) is 0 Å². The maximum absolute atomic E-state index is 13.2. The normalized spacial score (nSPS) is 15.0.